The summed E-state index contributed by atoms with van der Waals surface area (Å²) in [5.41, 5.74) is 0.683. The molecule has 2 fully saturated rings. The highest BCUT2D eigenvalue weighted by atomic mass is 19.1. The van der Waals surface area contributed by atoms with Gasteiger partial charge in [-0.3, -0.25) is 4.79 Å². The van der Waals surface area contributed by atoms with Gasteiger partial charge in [0.1, 0.15) is 5.82 Å². The van der Waals surface area contributed by atoms with Crippen LogP contribution in [0.25, 0.3) is 0 Å². The fraction of sp³-hybridized carbons (Fsp3) is 0.533. The average Bonchev–Trinajstić information content (AvgIpc) is 3.18. The SMILES string of the molecule is CC1CN(C(=O)C2CC2c2ccccc2F)CCO1. The van der Waals surface area contributed by atoms with Gasteiger partial charge in [-0.05, 0) is 30.9 Å². The Hall–Kier alpha value is -1.42. The van der Waals surface area contributed by atoms with Crippen LogP contribution in [0.1, 0.15) is 24.8 Å². The van der Waals surface area contributed by atoms with E-state index in [4.69, 9.17) is 4.74 Å². The van der Waals surface area contributed by atoms with Crippen molar-refractivity contribution in [2.24, 2.45) is 5.92 Å². The number of carbonyl (C=O) groups is 1. The molecule has 1 aliphatic carbocycles. The third kappa shape index (κ3) is 2.50. The molecule has 19 heavy (non-hydrogen) atoms. The van der Waals surface area contributed by atoms with Crippen LogP contribution in [0.2, 0.25) is 0 Å². The quantitative estimate of drug-likeness (QED) is 0.818. The van der Waals surface area contributed by atoms with E-state index in [1.54, 1.807) is 12.1 Å². The van der Waals surface area contributed by atoms with Gasteiger partial charge < -0.3 is 9.64 Å². The lowest BCUT2D eigenvalue weighted by atomic mass is 10.1. The molecule has 1 aromatic carbocycles. The van der Waals surface area contributed by atoms with Crippen molar-refractivity contribution in [2.75, 3.05) is 19.7 Å². The molecule has 2 aliphatic rings. The number of carbonyl (C=O) groups excluding carboxylic acids is 1. The maximum atomic E-state index is 13.7. The summed E-state index contributed by atoms with van der Waals surface area (Å²) in [6.07, 6.45) is 0.870. The number of ether oxygens (including phenoxy) is 1. The fourth-order valence-corrected chi connectivity index (χ4v) is 2.84. The molecule has 0 bridgehead atoms. The molecule has 0 radical (unpaired) electrons. The number of morpholine rings is 1. The highest BCUT2D eigenvalue weighted by Crippen LogP contribution is 2.49. The number of halogens is 1. The molecule has 3 nitrogen and oxygen atoms in total. The van der Waals surface area contributed by atoms with Gasteiger partial charge in [-0.15, -0.1) is 0 Å². The molecule has 3 atom stereocenters. The molecule has 0 N–H and O–H groups in total. The molecule has 3 unspecified atom stereocenters. The van der Waals surface area contributed by atoms with Crippen LogP contribution in [-0.2, 0) is 9.53 Å². The molecule has 1 saturated heterocycles. The third-order valence-electron chi connectivity index (χ3n) is 3.97. The molecule has 1 heterocycles. The summed E-state index contributed by atoms with van der Waals surface area (Å²) in [5, 5.41) is 0. The first-order chi connectivity index (χ1) is 9.16. The molecular formula is C15H18FNO2. The predicted octanol–water partition coefficient (Wildman–Crippen LogP) is 2.18. The van der Waals surface area contributed by atoms with E-state index < -0.39 is 0 Å². The number of hydrogen-bond acceptors (Lipinski definition) is 2. The lowest BCUT2D eigenvalue weighted by Crippen LogP contribution is -2.45. The highest BCUT2D eigenvalue weighted by Gasteiger charge is 2.47. The van der Waals surface area contributed by atoms with Gasteiger partial charge in [-0.25, -0.2) is 4.39 Å². The predicted molar refractivity (Wildman–Crippen MR) is 69.2 cm³/mol. The Morgan fingerprint density at radius 1 is 1.42 bits per heavy atom. The maximum absolute atomic E-state index is 13.7. The zero-order chi connectivity index (χ0) is 13.4. The molecule has 1 aromatic rings. The van der Waals surface area contributed by atoms with Crippen molar-refractivity contribution in [3.05, 3.63) is 35.6 Å². The van der Waals surface area contributed by atoms with Crippen molar-refractivity contribution in [2.45, 2.75) is 25.4 Å². The Balaban J connectivity index is 1.66. The minimum Gasteiger partial charge on any atom is -0.375 e. The van der Waals surface area contributed by atoms with Gasteiger partial charge in [-0.2, -0.15) is 0 Å². The van der Waals surface area contributed by atoms with E-state index in [0.717, 1.165) is 6.42 Å². The first-order valence-corrected chi connectivity index (χ1v) is 6.81. The van der Waals surface area contributed by atoms with Crippen LogP contribution in [0.5, 0.6) is 0 Å². The van der Waals surface area contributed by atoms with Crippen LogP contribution in [0.3, 0.4) is 0 Å². The molecular weight excluding hydrogens is 245 g/mol. The van der Waals surface area contributed by atoms with E-state index >= 15 is 0 Å². The first kappa shape index (κ1) is 12.6. The van der Waals surface area contributed by atoms with Gasteiger partial charge in [0.2, 0.25) is 5.91 Å². The zero-order valence-electron chi connectivity index (χ0n) is 11.0. The van der Waals surface area contributed by atoms with Gasteiger partial charge in [0, 0.05) is 19.0 Å². The van der Waals surface area contributed by atoms with Crippen molar-refractivity contribution in [3.8, 4) is 0 Å². The summed E-state index contributed by atoms with van der Waals surface area (Å²) in [6, 6.07) is 6.76. The van der Waals surface area contributed by atoms with Crippen molar-refractivity contribution < 1.29 is 13.9 Å². The summed E-state index contributed by atoms with van der Waals surface area (Å²) >= 11 is 0. The van der Waals surface area contributed by atoms with Crippen molar-refractivity contribution in [1.82, 2.24) is 4.90 Å². The topological polar surface area (TPSA) is 29.5 Å². The Morgan fingerprint density at radius 2 is 2.21 bits per heavy atom. The lowest BCUT2D eigenvalue weighted by Gasteiger charge is -2.31. The number of rotatable bonds is 2. The summed E-state index contributed by atoms with van der Waals surface area (Å²) in [5.74, 6) is -0.0180. The monoisotopic (exact) mass is 263 g/mol. The number of hydrogen-bond donors (Lipinski definition) is 0. The van der Waals surface area contributed by atoms with Crippen LogP contribution in [0, 0.1) is 11.7 Å². The van der Waals surface area contributed by atoms with E-state index in [2.05, 4.69) is 0 Å². The van der Waals surface area contributed by atoms with E-state index in [-0.39, 0.29) is 29.7 Å². The second-order valence-electron chi connectivity index (χ2n) is 5.44. The molecule has 4 heteroatoms. The highest BCUT2D eigenvalue weighted by molar-refractivity contribution is 5.83. The van der Waals surface area contributed by atoms with Gasteiger partial charge in [0.15, 0.2) is 0 Å². The Morgan fingerprint density at radius 3 is 2.95 bits per heavy atom. The molecule has 1 aliphatic heterocycles. The van der Waals surface area contributed by atoms with Gasteiger partial charge in [-0.1, -0.05) is 18.2 Å². The van der Waals surface area contributed by atoms with Gasteiger partial charge in [0.25, 0.3) is 0 Å². The van der Waals surface area contributed by atoms with E-state index in [1.807, 2.05) is 17.9 Å². The van der Waals surface area contributed by atoms with E-state index in [0.29, 0.717) is 25.3 Å². The maximum Gasteiger partial charge on any atom is 0.226 e. The Labute approximate surface area is 112 Å². The standard InChI is InChI=1S/C15H18FNO2/c1-10-9-17(6-7-19-10)15(18)13-8-12(13)11-4-2-3-5-14(11)16/h2-5,10,12-13H,6-9H2,1H3. The second kappa shape index (κ2) is 4.93. The Kier molecular flexibility index (Phi) is 3.27. The first-order valence-electron chi connectivity index (χ1n) is 6.81. The van der Waals surface area contributed by atoms with Crippen molar-refractivity contribution >= 4 is 5.91 Å². The average molecular weight is 263 g/mol. The summed E-state index contributed by atoms with van der Waals surface area (Å²) in [4.78, 5) is 14.2. The second-order valence-corrected chi connectivity index (χ2v) is 5.44. The summed E-state index contributed by atoms with van der Waals surface area (Å²) in [7, 11) is 0. The summed E-state index contributed by atoms with van der Waals surface area (Å²) < 4.78 is 19.1. The van der Waals surface area contributed by atoms with Crippen LogP contribution < -0.4 is 0 Å². The number of amides is 1. The number of benzene rings is 1. The third-order valence-corrected chi connectivity index (χ3v) is 3.97. The zero-order valence-corrected chi connectivity index (χ0v) is 11.0. The smallest absolute Gasteiger partial charge is 0.226 e. The largest absolute Gasteiger partial charge is 0.375 e. The van der Waals surface area contributed by atoms with Crippen LogP contribution in [0.4, 0.5) is 4.39 Å². The van der Waals surface area contributed by atoms with Crippen molar-refractivity contribution in [1.29, 1.82) is 0 Å². The molecule has 1 amide bonds. The van der Waals surface area contributed by atoms with E-state index in [9.17, 15) is 9.18 Å². The minimum atomic E-state index is -0.196. The van der Waals surface area contributed by atoms with E-state index in [1.165, 1.54) is 6.07 Å². The molecule has 102 valence electrons. The van der Waals surface area contributed by atoms with Crippen LogP contribution >= 0.6 is 0 Å². The lowest BCUT2D eigenvalue weighted by molar-refractivity contribution is -0.139. The van der Waals surface area contributed by atoms with Crippen LogP contribution in [-0.4, -0.2) is 36.6 Å². The minimum absolute atomic E-state index is 0.0396. The Bertz CT molecular complexity index is 491. The fourth-order valence-electron chi connectivity index (χ4n) is 2.84. The van der Waals surface area contributed by atoms with Crippen LogP contribution in [0.15, 0.2) is 24.3 Å². The molecule has 0 spiro atoms. The van der Waals surface area contributed by atoms with Gasteiger partial charge in [0.05, 0.1) is 12.7 Å². The summed E-state index contributed by atoms with van der Waals surface area (Å²) in [6.45, 7) is 3.88. The van der Waals surface area contributed by atoms with Gasteiger partial charge >= 0.3 is 0 Å². The molecule has 3 rings (SSSR count). The molecule has 1 saturated carbocycles. The van der Waals surface area contributed by atoms with Crippen molar-refractivity contribution in [3.63, 3.8) is 0 Å². The number of nitrogens with zero attached hydrogens (tertiary/aromatic N) is 1. The normalized spacial score (nSPS) is 30.2. The molecule has 0 aromatic heterocycles.